The molecule has 0 saturated carbocycles. The molecule has 0 aliphatic carbocycles. The first-order valence-corrected chi connectivity index (χ1v) is 24.7. The van der Waals surface area contributed by atoms with E-state index in [0.717, 1.165) is 64.2 Å². The molecule has 0 spiro atoms. The third-order valence-electron chi connectivity index (χ3n) is 8.57. The van der Waals surface area contributed by atoms with Crippen molar-refractivity contribution in [2.45, 2.75) is 167 Å². The van der Waals surface area contributed by atoms with Gasteiger partial charge in [-0.05, 0) is 77.0 Å². The van der Waals surface area contributed by atoms with E-state index in [-0.39, 0.29) is 12.8 Å². The highest BCUT2D eigenvalue weighted by Gasteiger charge is 2.28. The maximum Gasteiger partial charge on any atom is 0.472 e. The summed E-state index contributed by atoms with van der Waals surface area (Å²) in [6.07, 6.45) is 43.4. The van der Waals surface area contributed by atoms with Crippen LogP contribution in [0.1, 0.15) is 155 Å². The van der Waals surface area contributed by atoms with Crippen molar-refractivity contribution in [1.29, 1.82) is 0 Å². The zero-order valence-corrected chi connectivity index (χ0v) is 37.6. The van der Waals surface area contributed by atoms with Crippen LogP contribution in [0.25, 0.3) is 0 Å². The summed E-state index contributed by atoms with van der Waals surface area (Å²) in [6, 6.07) is 0. The summed E-state index contributed by atoms with van der Waals surface area (Å²) in [5, 5.41) is 9.74. The predicted octanol–water partition coefficient (Wildman–Crippen LogP) is 11.0. The van der Waals surface area contributed by atoms with E-state index in [0.29, 0.717) is 19.3 Å². The normalized spacial score (nSPS) is 14.7. The molecular weight excluding hydrogens is 798 g/mol. The maximum atomic E-state index is 12.6. The Labute approximate surface area is 354 Å². The predicted molar refractivity (Wildman–Crippen MR) is 234 cm³/mol. The van der Waals surface area contributed by atoms with Gasteiger partial charge in [-0.25, -0.2) is 9.13 Å². The van der Waals surface area contributed by atoms with Gasteiger partial charge in [-0.15, -0.1) is 0 Å². The summed E-state index contributed by atoms with van der Waals surface area (Å²) < 4.78 is 47.6. The summed E-state index contributed by atoms with van der Waals surface area (Å²) in [4.78, 5) is 52.6. The third kappa shape index (κ3) is 43.5. The van der Waals surface area contributed by atoms with Gasteiger partial charge in [-0.1, -0.05) is 138 Å². The molecule has 0 radical (unpaired) electrons. The molecule has 0 aromatic heterocycles. The van der Waals surface area contributed by atoms with E-state index in [1.165, 1.54) is 44.9 Å². The molecule has 0 rings (SSSR count). The van der Waals surface area contributed by atoms with Gasteiger partial charge >= 0.3 is 27.6 Å². The summed E-state index contributed by atoms with van der Waals surface area (Å²) in [5.41, 5.74) is 0. The average Bonchev–Trinajstić information content (AvgIpc) is 3.19. The number of allylic oxidation sites excluding steroid dienone is 12. The first-order chi connectivity index (χ1) is 28.4. The van der Waals surface area contributed by atoms with E-state index in [1.807, 2.05) is 18.2 Å². The van der Waals surface area contributed by atoms with E-state index in [4.69, 9.17) is 23.8 Å². The summed E-state index contributed by atoms with van der Waals surface area (Å²) in [5.74, 6) is -1.14. The standard InChI is InChI=1S/C44H76O13P2/c1-3-5-7-9-11-13-15-17-18-19-20-21-22-24-26-28-30-32-34-36-44(47)57-42(40-56-59(51,52)55-38-41(45)37-54-58(48,49)50)39-53-43(46)35-33-31-29-27-25-23-16-14-12-10-8-6-4-2/h11,13-14,16-18,20-21,24,26,30,32,41-42,45H,3-10,12,15,19,22-23,25,27-29,31,33-40H2,1-2H3,(H,51,52)(H2,48,49,50). The van der Waals surface area contributed by atoms with E-state index in [9.17, 15) is 28.7 Å². The zero-order chi connectivity index (χ0) is 43.7. The van der Waals surface area contributed by atoms with Crippen molar-refractivity contribution in [2.24, 2.45) is 0 Å². The van der Waals surface area contributed by atoms with Crippen LogP contribution in [0.3, 0.4) is 0 Å². The van der Waals surface area contributed by atoms with Crippen molar-refractivity contribution >= 4 is 27.6 Å². The lowest BCUT2D eigenvalue weighted by Crippen LogP contribution is -2.29. The molecule has 0 aliphatic rings. The first kappa shape index (κ1) is 56.6. The van der Waals surface area contributed by atoms with Crippen LogP contribution in [0, 0.1) is 0 Å². The van der Waals surface area contributed by atoms with Gasteiger partial charge in [-0.2, -0.15) is 0 Å². The molecule has 0 aromatic carbocycles. The molecule has 4 N–H and O–H groups in total. The van der Waals surface area contributed by atoms with Gasteiger partial charge in [0.1, 0.15) is 12.7 Å². The van der Waals surface area contributed by atoms with Gasteiger partial charge in [0.05, 0.1) is 19.8 Å². The second kappa shape index (κ2) is 39.7. The fourth-order valence-corrected chi connectivity index (χ4v) is 6.42. The smallest absolute Gasteiger partial charge is 0.462 e. The molecule has 3 unspecified atom stereocenters. The van der Waals surface area contributed by atoms with Crippen LogP contribution in [0.4, 0.5) is 0 Å². The number of aliphatic hydroxyl groups is 1. The zero-order valence-electron chi connectivity index (χ0n) is 35.8. The van der Waals surface area contributed by atoms with E-state index in [2.05, 4.69) is 77.6 Å². The SMILES string of the molecule is CCCCCC=CCC=CCC=CCC=CCC=CCCC(=O)OC(COC(=O)CCCCCCCC=CCCCCCC)COP(=O)(O)OCC(O)COP(=O)(O)O. The molecule has 0 saturated heterocycles. The largest absolute Gasteiger partial charge is 0.472 e. The lowest BCUT2D eigenvalue weighted by atomic mass is 10.1. The lowest BCUT2D eigenvalue weighted by molar-refractivity contribution is -0.161. The second-order valence-electron chi connectivity index (χ2n) is 14.3. The number of phosphoric acid groups is 2. The highest BCUT2D eigenvalue weighted by molar-refractivity contribution is 7.47. The van der Waals surface area contributed by atoms with Gasteiger partial charge in [0.15, 0.2) is 6.10 Å². The monoisotopic (exact) mass is 874 g/mol. The second-order valence-corrected chi connectivity index (χ2v) is 16.9. The topological polar surface area (TPSA) is 195 Å². The van der Waals surface area contributed by atoms with Crippen molar-refractivity contribution < 1.29 is 61.6 Å². The van der Waals surface area contributed by atoms with Crippen molar-refractivity contribution in [3.63, 3.8) is 0 Å². The molecule has 15 heteroatoms. The highest BCUT2D eigenvalue weighted by Crippen LogP contribution is 2.43. The minimum atomic E-state index is -4.87. The van der Waals surface area contributed by atoms with Crippen LogP contribution in [-0.2, 0) is 41.8 Å². The summed E-state index contributed by atoms with van der Waals surface area (Å²) >= 11 is 0. The van der Waals surface area contributed by atoms with Gasteiger partial charge in [0, 0.05) is 12.8 Å². The van der Waals surface area contributed by atoms with Crippen LogP contribution in [0.2, 0.25) is 0 Å². The molecule has 340 valence electrons. The number of aliphatic hydroxyl groups excluding tert-OH is 1. The number of hydrogen-bond donors (Lipinski definition) is 4. The van der Waals surface area contributed by atoms with Crippen LogP contribution in [0.5, 0.6) is 0 Å². The number of unbranched alkanes of at least 4 members (excludes halogenated alkanes) is 12. The number of carbonyl (C=O) groups is 2. The quantitative estimate of drug-likeness (QED) is 0.0197. The number of phosphoric ester groups is 2. The van der Waals surface area contributed by atoms with Crippen molar-refractivity contribution in [3.8, 4) is 0 Å². The van der Waals surface area contributed by atoms with Crippen LogP contribution >= 0.6 is 15.6 Å². The Hall–Kier alpha value is -2.44. The minimum absolute atomic E-state index is 0.00334. The minimum Gasteiger partial charge on any atom is -0.462 e. The Balaban J connectivity index is 4.67. The Kier molecular flexibility index (Phi) is 38.0. The van der Waals surface area contributed by atoms with Gasteiger partial charge in [-0.3, -0.25) is 23.2 Å². The number of hydrogen-bond acceptors (Lipinski definition) is 10. The van der Waals surface area contributed by atoms with Crippen LogP contribution in [-0.4, -0.2) is 70.4 Å². The molecule has 0 heterocycles. The number of esters is 2. The van der Waals surface area contributed by atoms with Crippen molar-refractivity contribution in [1.82, 2.24) is 0 Å². The van der Waals surface area contributed by atoms with E-state index < -0.39 is 66.2 Å². The van der Waals surface area contributed by atoms with Gasteiger partial charge < -0.3 is 29.3 Å². The highest BCUT2D eigenvalue weighted by atomic mass is 31.2. The first-order valence-electron chi connectivity index (χ1n) is 21.6. The summed E-state index contributed by atoms with van der Waals surface area (Å²) in [6.45, 7) is 1.61. The summed E-state index contributed by atoms with van der Waals surface area (Å²) in [7, 11) is -9.70. The third-order valence-corrected chi connectivity index (χ3v) is 10.0. The van der Waals surface area contributed by atoms with Gasteiger partial charge in [0.25, 0.3) is 0 Å². The van der Waals surface area contributed by atoms with E-state index >= 15 is 0 Å². The Bertz CT molecular complexity index is 1320. The lowest BCUT2D eigenvalue weighted by Gasteiger charge is -2.20. The van der Waals surface area contributed by atoms with E-state index in [1.54, 1.807) is 0 Å². The number of carbonyl (C=O) groups excluding carboxylic acids is 2. The number of rotatable bonds is 40. The van der Waals surface area contributed by atoms with Crippen molar-refractivity contribution in [3.05, 3.63) is 72.9 Å². The maximum absolute atomic E-state index is 12.6. The molecule has 0 aliphatic heterocycles. The Morgan fingerprint density at radius 1 is 0.492 bits per heavy atom. The fourth-order valence-electron chi connectivity index (χ4n) is 5.26. The molecule has 0 aromatic rings. The molecule has 0 amide bonds. The number of ether oxygens (including phenoxy) is 2. The molecule has 3 atom stereocenters. The molecule has 59 heavy (non-hydrogen) atoms. The molecule has 13 nitrogen and oxygen atoms in total. The molecule has 0 bridgehead atoms. The van der Waals surface area contributed by atoms with Crippen molar-refractivity contribution in [2.75, 3.05) is 26.4 Å². The Morgan fingerprint density at radius 3 is 1.47 bits per heavy atom. The molecule has 0 fully saturated rings. The molecular formula is C44H76O13P2. The average molecular weight is 875 g/mol. The van der Waals surface area contributed by atoms with Crippen LogP contribution < -0.4 is 0 Å². The Morgan fingerprint density at radius 2 is 0.915 bits per heavy atom. The fraction of sp³-hybridized carbons (Fsp3) is 0.682. The van der Waals surface area contributed by atoms with Crippen LogP contribution in [0.15, 0.2) is 72.9 Å². The van der Waals surface area contributed by atoms with Gasteiger partial charge in [0.2, 0.25) is 0 Å².